The second-order valence-corrected chi connectivity index (χ2v) is 6.08. The van der Waals surface area contributed by atoms with Crippen LogP contribution in [0.25, 0.3) is 0 Å². The van der Waals surface area contributed by atoms with Gasteiger partial charge < -0.3 is 0 Å². The predicted octanol–water partition coefficient (Wildman–Crippen LogP) is 3.97. The Morgan fingerprint density at radius 3 is 2.53 bits per heavy atom. The van der Waals surface area contributed by atoms with Crippen LogP contribution in [0.4, 0.5) is 8.78 Å². The van der Waals surface area contributed by atoms with Crippen LogP contribution in [-0.2, 0) is 16.6 Å². The Kier molecular flexibility index (Phi) is 4.43. The fraction of sp³-hybridized carbons (Fsp3) is 0.200. The van der Waals surface area contributed by atoms with Gasteiger partial charge in [0.25, 0.3) is 0 Å². The number of benzene rings is 2. The fourth-order valence-corrected chi connectivity index (χ4v) is 3.09. The first-order chi connectivity index (χ1) is 9.08. The minimum atomic E-state index is -1.29. The van der Waals surface area contributed by atoms with Crippen LogP contribution in [0.5, 0.6) is 0 Å². The lowest BCUT2D eigenvalue weighted by molar-refractivity contribution is 0.606. The summed E-state index contributed by atoms with van der Waals surface area (Å²) < 4.78 is 38.9. The summed E-state index contributed by atoms with van der Waals surface area (Å²) in [5.41, 5.74) is 1.08. The van der Waals surface area contributed by atoms with Gasteiger partial charge in [-0.1, -0.05) is 30.3 Å². The van der Waals surface area contributed by atoms with Crippen molar-refractivity contribution in [2.24, 2.45) is 0 Å². The highest BCUT2D eigenvalue weighted by Gasteiger charge is 2.17. The average molecular weight is 280 g/mol. The van der Waals surface area contributed by atoms with Crippen molar-refractivity contribution in [1.29, 1.82) is 0 Å². The van der Waals surface area contributed by atoms with Gasteiger partial charge in [0, 0.05) is 22.1 Å². The number of hydrogen-bond donors (Lipinski definition) is 0. The number of halogens is 2. The molecule has 0 heterocycles. The maximum absolute atomic E-state index is 13.6. The molecule has 4 heteroatoms. The highest BCUT2D eigenvalue weighted by Crippen LogP contribution is 2.24. The van der Waals surface area contributed by atoms with Crippen molar-refractivity contribution in [3.05, 3.63) is 71.3 Å². The molecule has 1 nitrogen and oxygen atoms in total. The van der Waals surface area contributed by atoms with E-state index in [0.717, 1.165) is 0 Å². The topological polar surface area (TPSA) is 17.1 Å². The van der Waals surface area contributed by atoms with E-state index in [1.54, 1.807) is 37.3 Å². The number of rotatable bonds is 4. The molecule has 0 N–H and O–H groups in total. The second-order valence-electron chi connectivity index (χ2n) is 4.32. The molecule has 0 unspecified atom stereocenters. The van der Waals surface area contributed by atoms with Crippen LogP contribution in [0.2, 0.25) is 0 Å². The Bertz CT molecular complexity index is 598. The first-order valence-electron chi connectivity index (χ1n) is 5.94. The van der Waals surface area contributed by atoms with E-state index in [1.165, 1.54) is 18.2 Å². The Morgan fingerprint density at radius 1 is 1.11 bits per heavy atom. The normalized spacial score (nSPS) is 14.1. The molecule has 0 amide bonds. The molecular formula is C15H14F2OS. The zero-order valence-electron chi connectivity index (χ0n) is 10.5. The molecule has 0 aliphatic carbocycles. The van der Waals surface area contributed by atoms with Crippen LogP contribution in [0, 0.1) is 11.6 Å². The van der Waals surface area contributed by atoms with Gasteiger partial charge in [0.1, 0.15) is 11.6 Å². The van der Waals surface area contributed by atoms with Crippen molar-refractivity contribution < 1.29 is 13.0 Å². The summed E-state index contributed by atoms with van der Waals surface area (Å²) in [6.07, 6.45) is 0. The van der Waals surface area contributed by atoms with E-state index in [2.05, 4.69) is 0 Å². The Balaban J connectivity index is 2.14. The van der Waals surface area contributed by atoms with E-state index >= 15 is 0 Å². The van der Waals surface area contributed by atoms with E-state index in [0.29, 0.717) is 11.1 Å². The molecule has 2 rings (SSSR count). The van der Waals surface area contributed by atoms with E-state index in [1.807, 2.05) is 0 Å². The molecule has 0 saturated heterocycles. The predicted molar refractivity (Wildman–Crippen MR) is 73.1 cm³/mol. The van der Waals surface area contributed by atoms with Gasteiger partial charge in [-0.05, 0) is 30.7 Å². The van der Waals surface area contributed by atoms with Crippen molar-refractivity contribution in [3.8, 4) is 0 Å². The molecule has 0 bridgehead atoms. The third-order valence-corrected chi connectivity index (χ3v) is 4.60. The highest BCUT2D eigenvalue weighted by atomic mass is 32.2. The molecule has 0 spiro atoms. The van der Waals surface area contributed by atoms with Crippen molar-refractivity contribution in [2.75, 3.05) is 0 Å². The molecule has 2 atom stereocenters. The highest BCUT2D eigenvalue weighted by molar-refractivity contribution is 7.84. The Hall–Kier alpha value is -1.55. The molecule has 0 aliphatic rings. The Morgan fingerprint density at radius 2 is 1.84 bits per heavy atom. The monoisotopic (exact) mass is 280 g/mol. The zero-order chi connectivity index (χ0) is 13.8. The lowest BCUT2D eigenvalue weighted by atomic mass is 10.1. The fourth-order valence-electron chi connectivity index (χ4n) is 1.86. The summed E-state index contributed by atoms with van der Waals surface area (Å²) in [6, 6.07) is 12.3. The van der Waals surface area contributed by atoms with Crippen molar-refractivity contribution >= 4 is 10.8 Å². The SMILES string of the molecule is C[C@@H](c1ccccc1F)[S@@](=O)Cc1cccc(F)c1. The molecule has 2 aromatic carbocycles. The molecule has 0 saturated carbocycles. The van der Waals surface area contributed by atoms with Crippen LogP contribution in [-0.4, -0.2) is 4.21 Å². The minimum absolute atomic E-state index is 0.216. The summed E-state index contributed by atoms with van der Waals surface area (Å²) in [5, 5.41) is -0.426. The van der Waals surface area contributed by atoms with E-state index < -0.39 is 16.0 Å². The van der Waals surface area contributed by atoms with Crippen LogP contribution in [0.15, 0.2) is 48.5 Å². The number of hydrogen-bond acceptors (Lipinski definition) is 1. The minimum Gasteiger partial charge on any atom is -0.259 e. The quantitative estimate of drug-likeness (QED) is 0.828. The van der Waals surface area contributed by atoms with Crippen LogP contribution in [0.3, 0.4) is 0 Å². The molecule has 0 aromatic heterocycles. The maximum atomic E-state index is 13.6. The van der Waals surface area contributed by atoms with E-state index in [4.69, 9.17) is 0 Å². The standard InChI is InChI=1S/C15H14F2OS/c1-11(14-7-2-3-8-15(14)17)19(18)10-12-5-4-6-13(16)9-12/h2-9,11H,10H2,1H3/t11-,19-/m0/s1. The van der Waals surface area contributed by atoms with Gasteiger partial charge in [0.15, 0.2) is 0 Å². The smallest absolute Gasteiger partial charge is 0.127 e. The van der Waals surface area contributed by atoms with Gasteiger partial charge in [-0.2, -0.15) is 0 Å². The summed E-state index contributed by atoms with van der Waals surface area (Å²) in [4.78, 5) is 0. The summed E-state index contributed by atoms with van der Waals surface area (Å²) in [7, 11) is -1.29. The maximum Gasteiger partial charge on any atom is 0.127 e. The largest absolute Gasteiger partial charge is 0.259 e. The Labute approximate surface area is 113 Å². The van der Waals surface area contributed by atoms with Gasteiger partial charge in [-0.15, -0.1) is 0 Å². The molecular weight excluding hydrogens is 266 g/mol. The van der Waals surface area contributed by atoms with Gasteiger partial charge in [0.2, 0.25) is 0 Å². The molecule has 0 fully saturated rings. The van der Waals surface area contributed by atoms with Gasteiger partial charge in [-0.3, -0.25) is 4.21 Å². The first-order valence-corrected chi connectivity index (χ1v) is 7.32. The van der Waals surface area contributed by atoms with Gasteiger partial charge in [0.05, 0.1) is 5.25 Å². The van der Waals surface area contributed by atoms with Gasteiger partial charge in [-0.25, -0.2) is 8.78 Å². The van der Waals surface area contributed by atoms with Crippen molar-refractivity contribution in [2.45, 2.75) is 17.9 Å². The first kappa shape index (κ1) is 13.9. The van der Waals surface area contributed by atoms with Crippen molar-refractivity contribution in [1.82, 2.24) is 0 Å². The van der Waals surface area contributed by atoms with Gasteiger partial charge >= 0.3 is 0 Å². The molecule has 0 aliphatic heterocycles. The second kappa shape index (κ2) is 6.06. The molecule has 0 radical (unpaired) electrons. The molecule has 19 heavy (non-hydrogen) atoms. The summed E-state index contributed by atoms with van der Waals surface area (Å²) in [5.74, 6) is -0.497. The third kappa shape index (κ3) is 3.47. The summed E-state index contributed by atoms with van der Waals surface area (Å²) >= 11 is 0. The zero-order valence-corrected chi connectivity index (χ0v) is 11.3. The van der Waals surface area contributed by atoms with E-state index in [-0.39, 0.29) is 17.4 Å². The third-order valence-electron chi connectivity index (χ3n) is 2.94. The van der Waals surface area contributed by atoms with E-state index in [9.17, 15) is 13.0 Å². The average Bonchev–Trinajstić information content (AvgIpc) is 2.38. The van der Waals surface area contributed by atoms with Crippen LogP contribution < -0.4 is 0 Å². The van der Waals surface area contributed by atoms with Crippen LogP contribution >= 0.6 is 0 Å². The lowest BCUT2D eigenvalue weighted by Gasteiger charge is -2.12. The van der Waals surface area contributed by atoms with Crippen molar-refractivity contribution in [3.63, 3.8) is 0 Å². The molecule has 2 aromatic rings. The molecule has 100 valence electrons. The van der Waals surface area contributed by atoms with Crippen LogP contribution in [0.1, 0.15) is 23.3 Å². The summed E-state index contributed by atoms with van der Waals surface area (Å²) in [6.45, 7) is 1.72. The lowest BCUT2D eigenvalue weighted by Crippen LogP contribution is -2.07.